The summed E-state index contributed by atoms with van der Waals surface area (Å²) in [5.41, 5.74) is 7.20. The number of anilines is 1. The van der Waals surface area contributed by atoms with Crippen LogP contribution in [0.1, 0.15) is 22.8 Å². The highest BCUT2D eigenvalue weighted by molar-refractivity contribution is 5.94. The highest BCUT2D eigenvalue weighted by Gasteiger charge is 2.20. The normalized spacial score (nSPS) is 10.8. The summed E-state index contributed by atoms with van der Waals surface area (Å²) in [4.78, 5) is 16.0. The number of rotatable bonds is 4. The van der Waals surface area contributed by atoms with Gasteiger partial charge in [0.1, 0.15) is 11.8 Å². The summed E-state index contributed by atoms with van der Waals surface area (Å²) in [5, 5.41) is 4.05. The van der Waals surface area contributed by atoms with E-state index in [-0.39, 0.29) is 23.9 Å². The number of esters is 1. The molecule has 7 nitrogen and oxygen atoms in total. The van der Waals surface area contributed by atoms with E-state index in [2.05, 4.69) is 10.1 Å². The van der Waals surface area contributed by atoms with Gasteiger partial charge in [-0.1, -0.05) is 0 Å². The molecular weight excluding hydrogens is 315 g/mol. The third-order valence-electron chi connectivity index (χ3n) is 3.45. The maximum Gasteiger partial charge on any atom is 0.340 e. The molecule has 2 aromatic heterocycles. The van der Waals surface area contributed by atoms with Crippen molar-refractivity contribution in [2.45, 2.75) is 13.8 Å². The van der Waals surface area contributed by atoms with Crippen LogP contribution in [0, 0.1) is 12.7 Å². The Morgan fingerprint density at radius 1 is 1.42 bits per heavy atom. The molecule has 2 N–H and O–H groups in total. The summed E-state index contributed by atoms with van der Waals surface area (Å²) in [5.74, 6) is -0.975. The molecule has 0 atom stereocenters. The first-order valence-electron chi connectivity index (χ1n) is 7.24. The average Bonchev–Trinajstić information content (AvgIpc) is 2.88. The van der Waals surface area contributed by atoms with Gasteiger partial charge in [0.05, 0.1) is 12.2 Å². The van der Waals surface area contributed by atoms with Crippen molar-refractivity contribution in [1.29, 1.82) is 0 Å². The molecule has 3 aromatic rings. The molecule has 0 saturated heterocycles. The number of ether oxygens (including phenoxy) is 2. The summed E-state index contributed by atoms with van der Waals surface area (Å²) < 4.78 is 26.0. The molecule has 0 aliphatic rings. The number of hydrogen-bond acceptors (Lipinski definition) is 6. The molecule has 0 bridgehead atoms. The van der Waals surface area contributed by atoms with Crippen LogP contribution in [-0.4, -0.2) is 27.2 Å². The van der Waals surface area contributed by atoms with Gasteiger partial charge >= 0.3 is 5.97 Å². The number of aryl methyl sites for hydroxylation is 1. The zero-order valence-electron chi connectivity index (χ0n) is 13.1. The minimum absolute atomic E-state index is 0.0249. The summed E-state index contributed by atoms with van der Waals surface area (Å²) in [6.07, 6.45) is 2.78. The van der Waals surface area contributed by atoms with Crippen molar-refractivity contribution >= 4 is 17.2 Å². The number of fused-ring (bicyclic) bond motifs is 1. The molecular formula is C16H15FN4O3. The van der Waals surface area contributed by atoms with E-state index in [1.54, 1.807) is 13.8 Å². The first-order valence-corrected chi connectivity index (χ1v) is 7.24. The van der Waals surface area contributed by atoms with Gasteiger partial charge in [-0.15, -0.1) is 0 Å². The van der Waals surface area contributed by atoms with Gasteiger partial charge in [-0.2, -0.15) is 10.1 Å². The number of nitrogens with zero attached hydrogens (tertiary/aromatic N) is 3. The van der Waals surface area contributed by atoms with Crippen molar-refractivity contribution in [3.8, 4) is 11.6 Å². The van der Waals surface area contributed by atoms with Crippen molar-refractivity contribution in [1.82, 2.24) is 14.6 Å². The number of nitrogens with two attached hydrogens (primary N) is 1. The lowest BCUT2D eigenvalue weighted by Crippen LogP contribution is -2.04. The van der Waals surface area contributed by atoms with E-state index in [1.807, 2.05) is 0 Å². The lowest BCUT2D eigenvalue weighted by atomic mass is 10.2. The molecule has 0 amide bonds. The first kappa shape index (κ1) is 15.7. The molecule has 0 spiro atoms. The minimum Gasteiger partial charge on any atom is -0.462 e. The van der Waals surface area contributed by atoms with Crippen LogP contribution in [0.25, 0.3) is 5.52 Å². The maximum atomic E-state index is 13.9. The van der Waals surface area contributed by atoms with E-state index in [4.69, 9.17) is 15.2 Å². The molecule has 124 valence electrons. The third kappa shape index (κ3) is 2.73. The highest BCUT2D eigenvalue weighted by atomic mass is 19.1. The molecule has 8 heteroatoms. The van der Waals surface area contributed by atoms with Gasteiger partial charge in [0, 0.05) is 18.0 Å². The monoisotopic (exact) mass is 330 g/mol. The second-order valence-corrected chi connectivity index (χ2v) is 5.04. The molecule has 3 rings (SSSR count). The third-order valence-corrected chi connectivity index (χ3v) is 3.45. The Balaban J connectivity index is 2.07. The molecule has 0 fully saturated rings. The lowest BCUT2D eigenvalue weighted by Gasteiger charge is -2.08. The number of carbonyl (C=O) groups excluding carboxylic acids is 1. The Hall–Kier alpha value is -3.16. The predicted molar refractivity (Wildman–Crippen MR) is 84.6 cm³/mol. The highest BCUT2D eigenvalue weighted by Crippen LogP contribution is 2.30. The van der Waals surface area contributed by atoms with E-state index in [0.29, 0.717) is 16.6 Å². The van der Waals surface area contributed by atoms with Crippen LogP contribution in [-0.2, 0) is 4.74 Å². The largest absolute Gasteiger partial charge is 0.462 e. The van der Waals surface area contributed by atoms with Crippen LogP contribution in [0.5, 0.6) is 11.6 Å². The molecule has 2 heterocycles. The Morgan fingerprint density at radius 2 is 2.21 bits per heavy atom. The molecule has 0 aliphatic heterocycles. The van der Waals surface area contributed by atoms with Gasteiger partial charge < -0.3 is 15.2 Å². The molecule has 24 heavy (non-hydrogen) atoms. The van der Waals surface area contributed by atoms with Gasteiger partial charge in [-0.3, -0.25) is 0 Å². The van der Waals surface area contributed by atoms with Crippen molar-refractivity contribution in [3.05, 3.63) is 47.7 Å². The maximum absolute atomic E-state index is 13.9. The number of hydrogen-bond donors (Lipinski definition) is 1. The SMILES string of the molecule is CCOC(=O)c1cn2ncnc(Oc3ccc(N)cc3F)c2c1C. The predicted octanol–water partition coefficient (Wildman–Crippen LogP) is 2.73. The van der Waals surface area contributed by atoms with Crippen LogP contribution in [0.2, 0.25) is 0 Å². The molecule has 1 aromatic carbocycles. The van der Waals surface area contributed by atoms with Crippen LogP contribution < -0.4 is 10.5 Å². The second-order valence-electron chi connectivity index (χ2n) is 5.04. The van der Waals surface area contributed by atoms with Crippen molar-refractivity contribution in [2.75, 3.05) is 12.3 Å². The van der Waals surface area contributed by atoms with Crippen molar-refractivity contribution < 1.29 is 18.7 Å². The minimum atomic E-state index is -0.610. The fraction of sp³-hybridized carbons (Fsp3) is 0.188. The van der Waals surface area contributed by atoms with Gasteiger partial charge in [0.25, 0.3) is 0 Å². The number of nitrogen functional groups attached to an aromatic ring is 1. The number of benzene rings is 1. The Morgan fingerprint density at radius 3 is 2.92 bits per heavy atom. The van der Waals surface area contributed by atoms with E-state index in [0.717, 1.165) is 6.07 Å². The summed E-state index contributed by atoms with van der Waals surface area (Å²) in [6.45, 7) is 3.70. The fourth-order valence-corrected chi connectivity index (χ4v) is 2.32. The summed E-state index contributed by atoms with van der Waals surface area (Å²) in [7, 11) is 0. The van der Waals surface area contributed by atoms with Crippen LogP contribution in [0.3, 0.4) is 0 Å². The second kappa shape index (κ2) is 6.15. The smallest absolute Gasteiger partial charge is 0.340 e. The van der Waals surface area contributed by atoms with Crippen molar-refractivity contribution in [3.63, 3.8) is 0 Å². The van der Waals surface area contributed by atoms with Crippen LogP contribution >= 0.6 is 0 Å². The van der Waals surface area contributed by atoms with E-state index in [9.17, 15) is 9.18 Å². The number of carbonyl (C=O) groups is 1. The zero-order chi connectivity index (χ0) is 17.3. The number of halogens is 1. The lowest BCUT2D eigenvalue weighted by molar-refractivity contribution is 0.0525. The Labute approximate surface area is 136 Å². The Kier molecular flexibility index (Phi) is 4.03. The van der Waals surface area contributed by atoms with Crippen LogP contribution in [0.4, 0.5) is 10.1 Å². The van der Waals surface area contributed by atoms with Gasteiger partial charge in [-0.05, 0) is 31.5 Å². The summed E-state index contributed by atoms with van der Waals surface area (Å²) >= 11 is 0. The van der Waals surface area contributed by atoms with Crippen LogP contribution in [0.15, 0.2) is 30.7 Å². The molecule has 0 unspecified atom stereocenters. The van der Waals surface area contributed by atoms with E-state index >= 15 is 0 Å². The van der Waals surface area contributed by atoms with Gasteiger partial charge in [-0.25, -0.2) is 13.7 Å². The van der Waals surface area contributed by atoms with Gasteiger partial charge in [0.2, 0.25) is 5.88 Å². The summed E-state index contributed by atoms with van der Waals surface area (Å²) in [6, 6.07) is 4.09. The number of aromatic nitrogens is 3. The zero-order valence-corrected chi connectivity index (χ0v) is 13.1. The van der Waals surface area contributed by atoms with E-state index < -0.39 is 11.8 Å². The Bertz CT molecular complexity index is 923. The molecule has 0 aliphatic carbocycles. The average molecular weight is 330 g/mol. The fourth-order valence-electron chi connectivity index (χ4n) is 2.32. The van der Waals surface area contributed by atoms with Gasteiger partial charge in [0.15, 0.2) is 11.6 Å². The molecule has 0 saturated carbocycles. The first-order chi connectivity index (χ1) is 11.5. The van der Waals surface area contributed by atoms with Crippen molar-refractivity contribution in [2.24, 2.45) is 0 Å². The standard InChI is InChI=1S/C16H15FN4O3/c1-3-23-16(22)11-7-21-14(9(11)2)15(19-8-20-21)24-13-5-4-10(18)6-12(13)17/h4-8H,3,18H2,1-2H3. The van der Waals surface area contributed by atoms with E-state index in [1.165, 1.54) is 29.2 Å². The molecule has 0 radical (unpaired) electrons. The topological polar surface area (TPSA) is 91.7 Å². The quantitative estimate of drug-likeness (QED) is 0.584.